The first-order valence-corrected chi connectivity index (χ1v) is 41.0. The normalized spacial score (nSPS) is 12.7. The van der Waals surface area contributed by atoms with Gasteiger partial charge in [-0.05, 0) is 12.8 Å². The number of hydrogen-bond donors (Lipinski definition) is 2. The molecule has 0 saturated heterocycles. The van der Waals surface area contributed by atoms with Gasteiger partial charge in [-0.3, -0.25) is 18.6 Å². The SMILES string of the molecule is CCCCCCCCCCCCCCCCCCCCCCCCCCCCCCCCCCCCCCCC(=O)OC(COC(=O)CCCCCCCCCCCCCCCCCCCCCCCCCCCCCCC)COP(=O)(O)OCCN. The zero-order chi connectivity index (χ0) is 63.0. The zero-order valence-corrected chi connectivity index (χ0v) is 59.7. The lowest BCUT2D eigenvalue weighted by molar-refractivity contribution is -0.161. The van der Waals surface area contributed by atoms with Gasteiger partial charge in [0.1, 0.15) is 6.61 Å². The maximum Gasteiger partial charge on any atom is 0.472 e. The van der Waals surface area contributed by atoms with E-state index in [4.69, 9.17) is 24.3 Å². The first-order valence-electron chi connectivity index (χ1n) is 39.5. The number of esters is 2. The standard InChI is InChI=1S/C77H154NO8P/c1-3-5-7-9-11-13-15-17-19-21-23-25-27-29-31-33-34-35-36-37-38-39-40-42-44-46-48-50-52-54-56-58-60-62-64-66-68-70-77(80)86-75(74-85-87(81,82)84-72-71-78)73-83-76(79)69-67-65-63-61-59-57-55-53-51-49-47-45-43-41-32-30-28-26-24-22-20-18-16-14-12-10-8-6-4-2/h75H,3-74,78H2,1-2H3,(H,81,82). The summed E-state index contributed by atoms with van der Waals surface area (Å²) in [7, 11) is -4.39. The fourth-order valence-electron chi connectivity index (χ4n) is 12.6. The van der Waals surface area contributed by atoms with E-state index in [9.17, 15) is 19.0 Å². The van der Waals surface area contributed by atoms with Crippen molar-refractivity contribution in [1.82, 2.24) is 0 Å². The number of nitrogens with two attached hydrogens (primary N) is 1. The third-order valence-corrected chi connectivity index (χ3v) is 19.5. The molecule has 10 heteroatoms. The van der Waals surface area contributed by atoms with Gasteiger partial charge in [0.2, 0.25) is 0 Å². The number of rotatable bonds is 77. The summed E-state index contributed by atoms with van der Waals surface area (Å²) < 4.78 is 33.3. The molecule has 0 aromatic heterocycles. The Morgan fingerprint density at radius 3 is 0.701 bits per heavy atom. The number of phosphoric ester groups is 1. The molecule has 0 spiro atoms. The lowest BCUT2D eigenvalue weighted by atomic mass is 10.0. The molecule has 0 saturated carbocycles. The van der Waals surface area contributed by atoms with Gasteiger partial charge in [0.05, 0.1) is 13.2 Å². The molecule has 0 aliphatic rings. The van der Waals surface area contributed by atoms with E-state index in [1.807, 2.05) is 0 Å². The van der Waals surface area contributed by atoms with Gasteiger partial charge in [0.15, 0.2) is 6.10 Å². The van der Waals surface area contributed by atoms with Gasteiger partial charge in [-0.2, -0.15) is 0 Å². The second-order valence-electron chi connectivity index (χ2n) is 27.3. The second kappa shape index (κ2) is 74.1. The summed E-state index contributed by atoms with van der Waals surface area (Å²) in [5.41, 5.74) is 5.41. The maximum atomic E-state index is 12.8. The summed E-state index contributed by atoms with van der Waals surface area (Å²) in [6.07, 6.45) is 89.7. The minimum Gasteiger partial charge on any atom is -0.462 e. The topological polar surface area (TPSA) is 134 Å². The van der Waals surface area contributed by atoms with Crippen molar-refractivity contribution in [3.63, 3.8) is 0 Å². The zero-order valence-electron chi connectivity index (χ0n) is 58.8. The highest BCUT2D eigenvalue weighted by Crippen LogP contribution is 2.43. The van der Waals surface area contributed by atoms with Crippen molar-refractivity contribution < 1.29 is 37.6 Å². The maximum absolute atomic E-state index is 12.8. The molecule has 0 amide bonds. The lowest BCUT2D eigenvalue weighted by Gasteiger charge is -2.19. The summed E-state index contributed by atoms with van der Waals surface area (Å²) in [6, 6.07) is 0. The smallest absolute Gasteiger partial charge is 0.462 e. The Kier molecular flexibility index (Phi) is 73.2. The summed E-state index contributed by atoms with van der Waals surface area (Å²) in [6.45, 7) is 3.86. The van der Waals surface area contributed by atoms with Crippen LogP contribution in [-0.4, -0.2) is 49.3 Å². The van der Waals surface area contributed by atoms with E-state index < -0.39 is 26.5 Å². The number of phosphoric acid groups is 1. The molecule has 0 aromatic rings. The van der Waals surface area contributed by atoms with Crippen molar-refractivity contribution in [2.45, 2.75) is 457 Å². The van der Waals surface area contributed by atoms with Crippen molar-refractivity contribution in [2.75, 3.05) is 26.4 Å². The van der Waals surface area contributed by atoms with Crippen LogP contribution in [0.5, 0.6) is 0 Å². The van der Waals surface area contributed by atoms with Crippen molar-refractivity contribution in [3.8, 4) is 0 Å². The van der Waals surface area contributed by atoms with Gasteiger partial charge in [-0.25, -0.2) is 4.57 Å². The van der Waals surface area contributed by atoms with Crippen LogP contribution < -0.4 is 5.73 Å². The molecule has 2 atom stereocenters. The van der Waals surface area contributed by atoms with Crippen LogP contribution in [0.1, 0.15) is 450 Å². The first-order chi connectivity index (χ1) is 42.8. The van der Waals surface area contributed by atoms with Crippen LogP contribution in [0.2, 0.25) is 0 Å². The van der Waals surface area contributed by atoms with Crippen LogP contribution in [0.25, 0.3) is 0 Å². The number of hydrogen-bond acceptors (Lipinski definition) is 8. The molecule has 0 aliphatic carbocycles. The lowest BCUT2D eigenvalue weighted by Crippen LogP contribution is -2.29. The van der Waals surface area contributed by atoms with E-state index >= 15 is 0 Å². The number of unbranched alkanes of at least 4 members (excludes halogenated alkanes) is 64. The van der Waals surface area contributed by atoms with Crippen molar-refractivity contribution in [3.05, 3.63) is 0 Å². The van der Waals surface area contributed by atoms with Gasteiger partial charge in [0, 0.05) is 19.4 Å². The van der Waals surface area contributed by atoms with Crippen LogP contribution in [0.3, 0.4) is 0 Å². The van der Waals surface area contributed by atoms with E-state index in [-0.39, 0.29) is 32.1 Å². The highest BCUT2D eigenvalue weighted by atomic mass is 31.2. The molecule has 3 N–H and O–H groups in total. The monoisotopic (exact) mass is 1250 g/mol. The van der Waals surface area contributed by atoms with E-state index in [1.165, 1.54) is 385 Å². The first kappa shape index (κ1) is 86.0. The summed E-state index contributed by atoms with van der Waals surface area (Å²) in [4.78, 5) is 35.4. The molecule has 520 valence electrons. The fraction of sp³-hybridized carbons (Fsp3) is 0.974. The predicted molar refractivity (Wildman–Crippen MR) is 377 cm³/mol. The molecule has 9 nitrogen and oxygen atoms in total. The Morgan fingerprint density at radius 1 is 0.299 bits per heavy atom. The molecule has 0 heterocycles. The average Bonchev–Trinajstić information content (AvgIpc) is 3.65. The van der Waals surface area contributed by atoms with Crippen LogP contribution in [-0.2, 0) is 32.7 Å². The molecular weight excluding hydrogens is 1100 g/mol. The molecule has 0 rings (SSSR count). The van der Waals surface area contributed by atoms with E-state index in [2.05, 4.69) is 13.8 Å². The molecule has 0 fully saturated rings. The quantitative estimate of drug-likeness (QED) is 0.0347. The van der Waals surface area contributed by atoms with Gasteiger partial charge in [0.25, 0.3) is 0 Å². The van der Waals surface area contributed by atoms with Crippen molar-refractivity contribution in [1.29, 1.82) is 0 Å². The number of carbonyl (C=O) groups excluding carboxylic acids is 2. The van der Waals surface area contributed by atoms with Crippen molar-refractivity contribution >= 4 is 19.8 Å². The van der Waals surface area contributed by atoms with Gasteiger partial charge in [-0.15, -0.1) is 0 Å². The molecule has 0 radical (unpaired) electrons. The summed E-state index contributed by atoms with van der Waals surface area (Å²) in [5, 5.41) is 0. The largest absolute Gasteiger partial charge is 0.472 e. The van der Waals surface area contributed by atoms with Gasteiger partial charge < -0.3 is 20.1 Å². The molecule has 0 aromatic carbocycles. The van der Waals surface area contributed by atoms with Gasteiger partial charge in [-0.1, -0.05) is 425 Å². The Bertz CT molecular complexity index is 1380. The Morgan fingerprint density at radius 2 is 0.494 bits per heavy atom. The molecular formula is C77H154NO8P. The third kappa shape index (κ3) is 73.9. The highest BCUT2D eigenvalue weighted by Gasteiger charge is 2.26. The average molecular weight is 1250 g/mol. The number of carbonyl (C=O) groups is 2. The van der Waals surface area contributed by atoms with E-state index in [0.717, 1.165) is 32.1 Å². The molecule has 0 aliphatic heterocycles. The molecule has 0 bridgehead atoms. The summed E-state index contributed by atoms with van der Waals surface area (Å²) >= 11 is 0. The Labute approximate surface area is 543 Å². The van der Waals surface area contributed by atoms with Crippen LogP contribution in [0.15, 0.2) is 0 Å². The van der Waals surface area contributed by atoms with Crippen LogP contribution >= 0.6 is 7.82 Å². The fourth-order valence-corrected chi connectivity index (χ4v) is 13.4. The van der Waals surface area contributed by atoms with Crippen molar-refractivity contribution in [2.24, 2.45) is 5.73 Å². The van der Waals surface area contributed by atoms with Crippen LogP contribution in [0, 0.1) is 0 Å². The van der Waals surface area contributed by atoms with E-state index in [0.29, 0.717) is 12.8 Å². The van der Waals surface area contributed by atoms with Gasteiger partial charge >= 0.3 is 19.8 Å². The second-order valence-corrected chi connectivity index (χ2v) is 28.8. The third-order valence-electron chi connectivity index (χ3n) is 18.5. The Balaban J connectivity index is 3.72. The Hall–Kier alpha value is -0.990. The number of ether oxygens (including phenoxy) is 2. The minimum absolute atomic E-state index is 0.0589. The van der Waals surface area contributed by atoms with E-state index in [1.54, 1.807) is 0 Å². The minimum atomic E-state index is -4.39. The summed E-state index contributed by atoms with van der Waals surface area (Å²) in [5.74, 6) is -0.794. The predicted octanol–water partition coefficient (Wildman–Crippen LogP) is 26.1. The molecule has 87 heavy (non-hydrogen) atoms. The molecule has 2 unspecified atom stereocenters. The van der Waals surface area contributed by atoms with Crippen LogP contribution in [0.4, 0.5) is 0 Å². The highest BCUT2D eigenvalue weighted by molar-refractivity contribution is 7.47.